The Morgan fingerprint density at radius 2 is 1.90 bits per heavy atom. The van der Waals surface area contributed by atoms with Crippen LogP contribution in [0.4, 0.5) is 0 Å². The van der Waals surface area contributed by atoms with E-state index in [0.717, 1.165) is 17.6 Å². The van der Waals surface area contributed by atoms with Crippen LogP contribution in [0.3, 0.4) is 0 Å². The van der Waals surface area contributed by atoms with E-state index in [-0.39, 0.29) is 0 Å². The van der Waals surface area contributed by atoms with Gasteiger partial charge in [0.1, 0.15) is 0 Å². The summed E-state index contributed by atoms with van der Waals surface area (Å²) >= 11 is 1.83. The molecule has 0 fully saturated rings. The predicted octanol–water partition coefficient (Wildman–Crippen LogP) is 4.03. The average molecular weight is 283 g/mol. The third-order valence-electron chi connectivity index (χ3n) is 3.32. The van der Waals surface area contributed by atoms with Gasteiger partial charge in [-0.15, -0.1) is 11.3 Å². The van der Waals surface area contributed by atoms with Crippen molar-refractivity contribution >= 4 is 22.4 Å². The number of nitrogens with one attached hydrogen (secondary N) is 1. The fourth-order valence-electron chi connectivity index (χ4n) is 2.26. The first kappa shape index (κ1) is 13.2. The van der Waals surface area contributed by atoms with Crippen molar-refractivity contribution < 1.29 is 0 Å². The van der Waals surface area contributed by atoms with E-state index in [4.69, 9.17) is 0 Å². The van der Waals surface area contributed by atoms with Gasteiger partial charge < -0.3 is 5.32 Å². The van der Waals surface area contributed by atoms with Crippen LogP contribution in [0, 0.1) is 0 Å². The summed E-state index contributed by atoms with van der Waals surface area (Å²) in [6.45, 7) is 5.32. The van der Waals surface area contributed by atoms with Crippen LogP contribution in [0.5, 0.6) is 0 Å². The van der Waals surface area contributed by atoms with Crippen LogP contribution in [0.1, 0.15) is 24.8 Å². The Kier molecular flexibility index (Phi) is 3.76. The van der Waals surface area contributed by atoms with Gasteiger partial charge in [-0.25, -0.2) is 0 Å². The van der Waals surface area contributed by atoms with Gasteiger partial charge in [0.2, 0.25) is 0 Å². The van der Waals surface area contributed by atoms with Crippen LogP contribution < -0.4 is 5.32 Å². The smallest absolute Gasteiger partial charge is 0.0893 e. The van der Waals surface area contributed by atoms with Gasteiger partial charge in [-0.05, 0) is 43.3 Å². The third kappa shape index (κ3) is 2.57. The number of fused-ring (bicyclic) bond motifs is 1. The number of hydrogen-bond donors (Lipinski definition) is 1. The normalized spacial score (nSPS) is 12.7. The van der Waals surface area contributed by atoms with Crippen LogP contribution >= 0.6 is 11.3 Å². The highest BCUT2D eigenvalue weighted by Gasteiger charge is 2.09. The Hall–Kier alpha value is -1.78. The standard InChI is InChI=1S/C16H17N3S/c1-3-17-11(2)15-6-7-16(20-15)12-4-5-13-14(10-12)19-9-8-18-13/h4-11,17H,3H2,1-2H3. The molecule has 4 heteroatoms. The molecule has 102 valence electrons. The summed E-state index contributed by atoms with van der Waals surface area (Å²) in [7, 11) is 0. The molecular formula is C16H17N3S. The van der Waals surface area contributed by atoms with Crippen molar-refractivity contribution in [3.63, 3.8) is 0 Å². The summed E-state index contributed by atoms with van der Waals surface area (Å²) in [5.74, 6) is 0. The topological polar surface area (TPSA) is 37.8 Å². The Morgan fingerprint density at radius 1 is 1.10 bits per heavy atom. The van der Waals surface area contributed by atoms with Gasteiger partial charge in [0.05, 0.1) is 11.0 Å². The van der Waals surface area contributed by atoms with Gasteiger partial charge in [0.15, 0.2) is 0 Å². The van der Waals surface area contributed by atoms with E-state index in [9.17, 15) is 0 Å². The fraction of sp³-hybridized carbons (Fsp3) is 0.250. The van der Waals surface area contributed by atoms with Crippen molar-refractivity contribution in [2.45, 2.75) is 19.9 Å². The third-order valence-corrected chi connectivity index (χ3v) is 4.63. The van der Waals surface area contributed by atoms with Gasteiger partial charge in [0, 0.05) is 28.2 Å². The first-order valence-electron chi connectivity index (χ1n) is 6.82. The molecule has 2 heterocycles. The molecule has 3 nitrogen and oxygen atoms in total. The molecule has 0 saturated carbocycles. The molecule has 0 radical (unpaired) electrons. The van der Waals surface area contributed by atoms with Gasteiger partial charge in [-0.3, -0.25) is 9.97 Å². The molecule has 0 aliphatic carbocycles. The first-order chi connectivity index (χ1) is 9.78. The summed E-state index contributed by atoms with van der Waals surface area (Å²) in [6, 6.07) is 11.0. The van der Waals surface area contributed by atoms with Crippen LogP contribution in [0.15, 0.2) is 42.7 Å². The molecule has 0 amide bonds. The molecule has 1 N–H and O–H groups in total. The summed E-state index contributed by atoms with van der Waals surface area (Å²) in [5.41, 5.74) is 3.09. The van der Waals surface area contributed by atoms with E-state index in [1.807, 2.05) is 17.4 Å². The number of nitrogens with zero attached hydrogens (tertiary/aromatic N) is 2. The quantitative estimate of drug-likeness (QED) is 0.785. The SMILES string of the molecule is CCNC(C)c1ccc(-c2ccc3nccnc3c2)s1. The molecule has 20 heavy (non-hydrogen) atoms. The Morgan fingerprint density at radius 3 is 2.70 bits per heavy atom. The zero-order chi connectivity index (χ0) is 13.9. The van der Waals surface area contributed by atoms with Crippen molar-refractivity contribution in [2.75, 3.05) is 6.54 Å². The largest absolute Gasteiger partial charge is 0.310 e. The molecule has 3 rings (SSSR count). The van der Waals surface area contributed by atoms with Crippen molar-refractivity contribution in [3.8, 4) is 10.4 Å². The Balaban J connectivity index is 1.94. The lowest BCUT2D eigenvalue weighted by Gasteiger charge is -2.09. The van der Waals surface area contributed by atoms with Gasteiger partial charge in [-0.2, -0.15) is 0 Å². The van der Waals surface area contributed by atoms with E-state index in [1.54, 1.807) is 12.4 Å². The second-order valence-electron chi connectivity index (χ2n) is 4.74. The first-order valence-corrected chi connectivity index (χ1v) is 7.64. The molecule has 1 atom stereocenters. The molecule has 1 unspecified atom stereocenters. The molecule has 0 aliphatic rings. The predicted molar refractivity (Wildman–Crippen MR) is 84.9 cm³/mol. The molecule has 0 saturated heterocycles. The number of hydrogen-bond acceptors (Lipinski definition) is 4. The summed E-state index contributed by atoms with van der Waals surface area (Å²) < 4.78 is 0. The zero-order valence-corrected chi connectivity index (χ0v) is 12.4. The second kappa shape index (κ2) is 5.69. The van der Waals surface area contributed by atoms with Crippen LogP contribution in [-0.2, 0) is 0 Å². The molecule has 3 aromatic rings. The maximum absolute atomic E-state index is 4.37. The van der Waals surface area contributed by atoms with Crippen LogP contribution in [0.2, 0.25) is 0 Å². The highest BCUT2D eigenvalue weighted by Crippen LogP contribution is 2.32. The number of rotatable bonds is 4. The Labute approximate surface area is 122 Å². The van der Waals surface area contributed by atoms with Gasteiger partial charge >= 0.3 is 0 Å². The fourth-order valence-corrected chi connectivity index (χ4v) is 3.30. The molecule has 0 spiro atoms. The summed E-state index contributed by atoms with van der Waals surface area (Å²) in [4.78, 5) is 11.3. The number of aromatic nitrogens is 2. The number of benzene rings is 1. The second-order valence-corrected chi connectivity index (χ2v) is 5.86. The van der Waals surface area contributed by atoms with Crippen molar-refractivity contribution in [1.82, 2.24) is 15.3 Å². The van der Waals surface area contributed by atoms with Crippen LogP contribution in [0.25, 0.3) is 21.5 Å². The molecule has 1 aromatic carbocycles. The monoisotopic (exact) mass is 283 g/mol. The molecule has 0 bridgehead atoms. The minimum atomic E-state index is 0.402. The van der Waals surface area contributed by atoms with Gasteiger partial charge in [-0.1, -0.05) is 13.0 Å². The number of thiophene rings is 1. The maximum Gasteiger partial charge on any atom is 0.0893 e. The molecular weight excluding hydrogens is 266 g/mol. The molecule has 0 aliphatic heterocycles. The van der Waals surface area contributed by atoms with Crippen molar-refractivity contribution in [2.24, 2.45) is 0 Å². The summed E-state index contributed by atoms with van der Waals surface area (Å²) in [6.07, 6.45) is 3.46. The highest BCUT2D eigenvalue weighted by molar-refractivity contribution is 7.15. The average Bonchev–Trinajstić information content (AvgIpc) is 2.97. The Bertz CT molecular complexity index is 720. The summed E-state index contributed by atoms with van der Waals surface area (Å²) in [5, 5.41) is 3.44. The van der Waals surface area contributed by atoms with Crippen molar-refractivity contribution in [1.29, 1.82) is 0 Å². The zero-order valence-electron chi connectivity index (χ0n) is 11.6. The highest BCUT2D eigenvalue weighted by atomic mass is 32.1. The minimum Gasteiger partial charge on any atom is -0.310 e. The maximum atomic E-state index is 4.37. The van der Waals surface area contributed by atoms with E-state index in [2.05, 4.69) is 53.4 Å². The van der Waals surface area contributed by atoms with E-state index >= 15 is 0 Å². The molecule has 2 aromatic heterocycles. The minimum absolute atomic E-state index is 0.402. The van der Waals surface area contributed by atoms with Gasteiger partial charge in [0.25, 0.3) is 0 Å². The lowest BCUT2D eigenvalue weighted by molar-refractivity contribution is 0.607. The van der Waals surface area contributed by atoms with Crippen molar-refractivity contribution in [3.05, 3.63) is 47.6 Å². The van der Waals surface area contributed by atoms with E-state index in [0.29, 0.717) is 6.04 Å². The lowest BCUT2D eigenvalue weighted by atomic mass is 10.1. The van der Waals surface area contributed by atoms with E-state index < -0.39 is 0 Å². The lowest BCUT2D eigenvalue weighted by Crippen LogP contribution is -2.16. The van der Waals surface area contributed by atoms with Crippen LogP contribution in [-0.4, -0.2) is 16.5 Å². The van der Waals surface area contributed by atoms with E-state index in [1.165, 1.54) is 15.3 Å².